The molecular formula is C73H126O17P2. The van der Waals surface area contributed by atoms with E-state index < -0.39 is 97.5 Å². The number of aliphatic hydroxyl groups is 1. The van der Waals surface area contributed by atoms with Crippen LogP contribution in [0.4, 0.5) is 0 Å². The number of unbranched alkanes of at least 4 members (excludes halogenated alkanes) is 25. The molecule has 0 spiro atoms. The van der Waals surface area contributed by atoms with Crippen LogP contribution < -0.4 is 0 Å². The Kier molecular flexibility index (Phi) is 62.8. The van der Waals surface area contributed by atoms with Gasteiger partial charge in [0.2, 0.25) is 0 Å². The number of esters is 4. The monoisotopic (exact) mass is 1340 g/mol. The third-order valence-electron chi connectivity index (χ3n) is 14.5. The summed E-state index contributed by atoms with van der Waals surface area (Å²) in [4.78, 5) is 72.5. The fraction of sp³-hybridized carbons (Fsp3) is 0.726. The van der Waals surface area contributed by atoms with Crippen molar-refractivity contribution in [2.75, 3.05) is 39.6 Å². The quantitative estimate of drug-likeness (QED) is 0.0169. The number of carbonyl (C=O) groups is 4. The van der Waals surface area contributed by atoms with Crippen molar-refractivity contribution in [3.05, 3.63) is 97.2 Å². The summed E-state index contributed by atoms with van der Waals surface area (Å²) in [6.07, 6.45) is 65.9. The van der Waals surface area contributed by atoms with Crippen LogP contribution in [0, 0.1) is 0 Å². The van der Waals surface area contributed by atoms with E-state index in [9.17, 15) is 43.2 Å². The molecule has 0 amide bonds. The van der Waals surface area contributed by atoms with E-state index in [0.717, 1.165) is 141 Å². The van der Waals surface area contributed by atoms with E-state index in [-0.39, 0.29) is 25.7 Å². The molecule has 0 radical (unpaired) electrons. The molecule has 3 N–H and O–H groups in total. The molecule has 0 rings (SSSR count). The van der Waals surface area contributed by atoms with Crippen LogP contribution in [-0.4, -0.2) is 96.7 Å². The van der Waals surface area contributed by atoms with Crippen molar-refractivity contribution in [2.24, 2.45) is 0 Å². The SMILES string of the molecule is CC/C=C\C/C=C\C/C=C\C/C=C\C/C=C\CC(=O)OCC(COP(=O)(O)OCC(O)COP(=O)(O)OCC(COC(=O)CCCCCCC/C=C\C/C=C\CCC)OC(=O)CCCCCCCCCCCCC)OC(=O)CCCCCCC/C=C\CCCCCC. The molecule has 19 heteroatoms. The molecule has 0 aliphatic rings. The van der Waals surface area contributed by atoms with E-state index in [1.165, 1.54) is 64.2 Å². The highest BCUT2D eigenvalue weighted by Crippen LogP contribution is 2.45. The van der Waals surface area contributed by atoms with Gasteiger partial charge in [-0.3, -0.25) is 37.3 Å². The van der Waals surface area contributed by atoms with Gasteiger partial charge in [-0.15, -0.1) is 0 Å². The predicted molar refractivity (Wildman–Crippen MR) is 372 cm³/mol. The Bertz CT molecular complexity index is 2130. The maximum absolute atomic E-state index is 13.0. The van der Waals surface area contributed by atoms with Crippen molar-refractivity contribution >= 4 is 39.5 Å². The van der Waals surface area contributed by atoms with Gasteiger partial charge in [0, 0.05) is 19.3 Å². The molecule has 0 saturated heterocycles. The van der Waals surface area contributed by atoms with E-state index in [1.807, 2.05) is 18.2 Å². The second kappa shape index (κ2) is 65.6. The van der Waals surface area contributed by atoms with Crippen molar-refractivity contribution in [2.45, 2.75) is 303 Å². The number of ether oxygens (including phenoxy) is 4. The summed E-state index contributed by atoms with van der Waals surface area (Å²) in [5, 5.41) is 10.6. The van der Waals surface area contributed by atoms with Crippen molar-refractivity contribution in [3.63, 3.8) is 0 Å². The van der Waals surface area contributed by atoms with Crippen LogP contribution in [0.15, 0.2) is 97.2 Å². The molecule has 0 aromatic rings. The zero-order valence-corrected chi connectivity index (χ0v) is 59.2. The van der Waals surface area contributed by atoms with Crippen LogP contribution in [-0.2, 0) is 65.4 Å². The Balaban J connectivity index is 5.39. The molecule has 0 heterocycles. The maximum Gasteiger partial charge on any atom is 0.472 e. The molecule has 0 aliphatic heterocycles. The number of phosphoric acid groups is 2. The first-order valence-electron chi connectivity index (χ1n) is 35.5. The summed E-state index contributed by atoms with van der Waals surface area (Å²) in [5.41, 5.74) is 0. The highest BCUT2D eigenvalue weighted by Gasteiger charge is 2.30. The summed E-state index contributed by atoms with van der Waals surface area (Å²) in [7, 11) is -9.96. The Labute approximate surface area is 557 Å². The average Bonchev–Trinajstić information content (AvgIpc) is 2.73. The first-order valence-corrected chi connectivity index (χ1v) is 38.5. The molecule has 530 valence electrons. The minimum Gasteiger partial charge on any atom is -0.462 e. The van der Waals surface area contributed by atoms with Crippen LogP contribution in [0.2, 0.25) is 0 Å². The van der Waals surface area contributed by atoms with Crippen molar-refractivity contribution < 1.29 is 80.2 Å². The molecule has 0 fully saturated rings. The van der Waals surface area contributed by atoms with Crippen molar-refractivity contribution in [3.8, 4) is 0 Å². The zero-order valence-electron chi connectivity index (χ0n) is 57.4. The van der Waals surface area contributed by atoms with Gasteiger partial charge in [0.15, 0.2) is 12.2 Å². The fourth-order valence-corrected chi connectivity index (χ4v) is 10.7. The number of aliphatic hydroxyl groups excluding tert-OH is 1. The molecule has 0 bridgehead atoms. The molecule has 5 atom stereocenters. The van der Waals surface area contributed by atoms with Gasteiger partial charge < -0.3 is 33.8 Å². The van der Waals surface area contributed by atoms with E-state index in [0.29, 0.717) is 25.7 Å². The summed E-state index contributed by atoms with van der Waals surface area (Å²) >= 11 is 0. The topological polar surface area (TPSA) is 237 Å². The Morgan fingerprint density at radius 2 is 0.630 bits per heavy atom. The molecule has 5 unspecified atom stereocenters. The maximum atomic E-state index is 13.0. The second-order valence-corrected chi connectivity index (χ2v) is 26.4. The van der Waals surface area contributed by atoms with Crippen molar-refractivity contribution in [1.29, 1.82) is 0 Å². The van der Waals surface area contributed by atoms with E-state index in [1.54, 1.807) is 6.08 Å². The summed E-state index contributed by atoms with van der Waals surface area (Å²) in [5.74, 6) is -2.34. The normalized spacial score (nSPS) is 14.6. The van der Waals surface area contributed by atoms with Gasteiger partial charge >= 0.3 is 39.5 Å². The number of rotatable bonds is 66. The van der Waals surface area contributed by atoms with Gasteiger partial charge in [-0.1, -0.05) is 253 Å². The number of allylic oxidation sites excluding steroid dienone is 15. The van der Waals surface area contributed by atoms with Gasteiger partial charge in [-0.05, 0) is 103 Å². The molecular weight excluding hydrogens is 1210 g/mol. The fourth-order valence-electron chi connectivity index (χ4n) is 9.15. The third kappa shape index (κ3) is 64.7. The third-order valence-corrected chi connectivity index (χ3v) is 16.4. The Morgan fingerprint density at radius 3 is 1.03 bits per heavy atom. The molecule has 0 aliphatic carbocycles. The lowest BCUT2D eigenvalue weighted by atomic mass is 10.1. The number of hydrogen-bond donors (Lipinski definition) is 3. The Hall–Kier alpha value is -4.02. The first kappa shape index (κ1) is 88.0. The molecule has 0 aromatic heterocycles. The lowest BCUT2D eigenvalue weighted by Gasteiger charge is -2.21. The van der Waals surface area contributed by atoms with Gasteiger partial charge in [-0.2, -0.15) is 0 Å². The number of carbonyl (C=O) groups excluding carboxylic acids is 4. The summed E-state index contributed by atoms with van der Waals surface area (Å²) in [6.45, 7) is 4.52. The van der Waals surface area contributed by atoms with Gasteiger partial charge in [0.05, 0.1) is 32.8 Å². The summed E-state index contributed by atoms with van der Waals surface area (Å²) in [6, 6.07) is 0. The van der Waals surface area contributed by atoms with Gasteiger partial charge in [0.25, 0.3) is 0 Å². The van der Waals surface area contributed by atoms with E-state index >= 15 is 0 Å². The van der Waals surface area contributed by atoms with Crippen LogP contribution in [0.5, 0.6) is 0 Å². The van der Waals surface area contributed by atoms with Crippen LogP contribution in [0.25, 0.3) is 0 Å². The lowest BCUT2D eigenvalue weighted by Crippen LogP contribution is -2.30. The molecule has 17 nitrogen and oxygen atoms in total. The predicted octanol–water partition coefficient (Wildman–Crippen LogP) is 19.7. The minimum atomic E-state index is -4.99. The highest BCUT2D eigenvalue weighted by atomic mass is 31.2. The largest absolute Gasteiger partial charge is 0.472 e. The minimum absolute atomic E-state index is 0.0654. The van der Waals surface area contributed by atoms with Crippen LogP contribution in [0.3, 0.4) is 0 Å². The molecule has 0 saturated carbocycles. The standard InChI is InChI=1S/C73H126O17P2/c1-5-9-13-17-21-25-29-32-33-36-39-42-46-50-54-58-71(76)84-64-69(90-73(78)60-56-52-48-44-40-35-31-27-23-19-15-11-7-3)66-88-92(81,82)86-62-67(74)61-85-91(79,80)87-65-68(89-72(77)59-55-51-47-43-37-28-24-20-16-12-8-4)63-83-70(75)57-53-49-45-41-38-34-30-26-22-18-14-10-6-2/h9,13-14,18,21,25-27,30-33,39,42,50,54,67-69,74H,5-8,10-12,15-17,19-20,22-24,28-29,34-38,40-41,43-49,51-53,55-66H2,1-4H3,(H,79,80)(H,81,82)/b13-9-,18-14-,25-21-,30-26-,31-27-,33-32-,42-39-,54-50-. The molecule has 0 aromatic carbocycles. The van der Waals surface area contributed by atoms with E-state index in [4.69, 9.17) is 37.0 Å². The van der Waals surface area contributed by atoms with Crippen LogP contribution >= 0.6 is 15.6 Å². The second-order valence-electron chi connectivity index (χ2n) is 23.5. The average molecular weight is 1340 g/mol. The van der Waals surface area contributed by atoms with Crippen molar-refractivity contribution in [1.82, 2.24) is 0 Å². The smallest absolute Gasteiger partial charge is 0.462 e. The number of phosphoric ester groups is 2. The Morgan fingerprint density at radius 1 is 0.326 bits per heavy atom. The zero-order chi connectivity index (χ0) is 67.5. The van der Waals surface area contributed by atoms with Gasteiger partial charge in [0.1, 0.15) is 19.3 Å². The van der Waals surface area contributed by atoms with Crippen LogP contribution in [0.1, 0.15) is 285 Å². The summed E-state index contributed by atoms with van der Waals surface area (Å²) < 4.78 is 68.1. The lowest BCUT2D eigenvalue weighted by molar-refractivity contribution is -0.161. The first-order chi connectivity index (χ1) is 44.7. The van der Waals surface area contributed by atoms with E-state index in [2.05, 4.69) is 101 Å². The van der Waals surface area contributed by atoms with Gasteiger partial charge in [-0.25, -0.2) is 9.13 Å². The number of hydrogen-bond acceptors (Lipinski definition) is 15. The highest BCUT2D eigenvalue weighted by molar-refractivity contribution is 7.47. The molecule has 92 heavy (non-hydrogen) atoms.